The van der Waals surface area contributed by atoms with Crippen LogP contribution in [0.4, 0.5) is 5.13 Å². The van der Waals surface area contributed by atoms with Gasteiger partial charge in [-0.2, -0.15) is 0 Å². The number of pyridine rings is 1. The molecular weight excluding hydrogens is 324 g/mol. The number of hydrogen-bond donors (Lipinski definition) is 1. The van der Waals surface area contributed by atoms with E-state index < -0.39 is 0 Å². The molecule has 0 saturated carbocycles. The standard InChI is InChI=1S/C17H22N4O2S/c1-11-4-5-18-16(6-11)23-14-7-12(2)21(9-14)10-15-8-19-17(24-15)20-13(3)22/h4-6,8,12,14H,7,9-10H2,1-3H3,(H,19,20,22)/t12-,14+/m0/s1. The van der Waals surface area contributed by atoms with Crippen molar-refractivity contribution in [3.05, 3.63) is 35.0 Å². The molecule has 1 amide bonds. The van der Waals surface area contributed by atoms with Gasteiger partial charge in [0.2, 0.25) is 11.8 Å². The molecule has 1 aliphatic heterocycles. The van der Waals surface area contributed by atoms with E-state index in [4.69, 9.17) is 4.74 Å². The topological polar surface area (TPSA) is 67.4 Å². The van der Waals surface area contributed by atoms with Crippen LogP contribution in [0.3, 0.4) is 0 Å². The SMILES string of the molecule is CC(=O)Nc1ncc(CN2C[C@H](Oc3cc(C)ccn3)C[C@@H]2C)s1. The quantitative estimate of drug-likeness (QED) is 0.902. The van der Waals surface area contributed by atoms with E-state index in [1.54, 1.807) is 6.20 Å². The van der Waals surface area contributed by atoms with Crippen LogP contribution in [0.25, 0.3) is 0 Å². The molecule has 7 heteroatoms. The van der Waals surface area contributed by atoms with Gasteiger partial charge >= 0.3 is 0 Å². The van der Waals surface area contributed by atoms with E-state index >= 15 is 0 Å². The highest BCUT2D eigenvalue weighted by atomic mass is 32.1. The Bertz CT molecular complexity index is 718. The van der Waals surface area contributed by atoms with Crippen molar-refractivity contribution in [1.82, 2.24) is 14.9 Å². The second-order valence-corrected chi connectivity index (χ2v) is 7.35. The molecule has 1 N–H and O–H groups in total. The highest BCUT2D eigenvalue weighted by Crippen LogP contribution is 2.26. The van der Waals surface area contributed by atoms with E-state index in [9.17, 15) is 4.79 Å². The maximum Gasteiger partial charge on any atom is 0.223 e. The van der Waals surface area contributed by atoms with Crippen LogP contribution in [-0.2, 0) is 11.3 Å². The fourth-order valence-electron chi connectivity index (χ4n) is 2.88. The Morgan fingerprint density at radius 3 is 3.08 bits per heavy atom. The number of nitrogens with one attached hydrogen (secondary N) is 1. The van der Waals surface area contributed by atoms with Crippen LogP contribution in [0.15, 0.2) is 24.5 Å². The Morgan fingerprint density at radius 2 is 2.33 bits per heavy atom. The number of carbonyl (C=O) groups is 1. The average molecular weight is 346 g/mol. The lowest BCUT2D eigenvalue weighted by Gasteiger charge is -2.19. The van der Waals surface area contributed by atoms with Gasteiger partial charge in [0.1, 0.15) is 6.10 Å². The summed E-state index contributed by atoms with van der Waals surface area (Å²) in [5.41, 5.74) is 1.15. The summed E-state index contributed by atoms with van der Waals surface area (Å²) in [4.78, 5) is 23.1. The highest BCUT2D eigenvalue weighted by molar-refractivity contribution is 7.15. The minimum atomic E-state index is -0.0930. The van der Waals surface area contributed by atoms with E-state index in [1.807, 2.05) is 25.3 Å². The minimum Gasteiger partial charge on any atom is -0.473 e. The van der Waals surface area contributed by atoms with Crippen LogP contribution < -0.4 is 10.1 Å². The molecule has 0 aromatic carbocycles. The van der Waals surface area contributed by atoms with Crippen molar-refractivity contribution in [3.63, 3.8) is 0 Å². The first kappa shape index (κ1) is 16.9. The summed E-state index contributed by atoms with van der Waals surface area (Å²) >= 11 is 1.52. The fraction of sp³-hybridized carbons (Fsp3) is 0.471. The van der Waals surface area contributed by atoms with Crippen molar-refractivity contribution < 1.29 is 9.53 Å². The number of rotatable bonds is 5. The number of likely N-dealkylation sites (tertiary alicyclic amines) is 1. The lowest BCUT2D eigenvalue weighted by atomic mass is 10.2. The van der Waals surface area contributed by atoms with Crippen LogP contribution in [-0.4, -0.2) is 39.5 Å². The molecule has 24 heavy (non-hydrogen) atoms. The van der Waals surface area contributed by atoms with Gasteiger partial charge in [0.15, 0.2) is 5.13 Å². The van der Waals surface area contributed by atoms with Gasteiger partial charge in [0.25, 0.3) is 0 Å². The van der Waals surface area contributed by atoms with E-state index in [0.29, 0.717) is 17.1 Å². The molecule has 2 aromatic rings. The molecule has 3 heterocycles. The largest absolute Gasteiger partial charge is 0.473 e. The van der Waals surface area contributed by atoms with E-state index in [-0.39, 0.29) is 12.0 Å². The zero-order chi connectivity index (χ0) is 17.1. The summed E-state index contributed by atoms with van der Waals surface area (Å²) < 4.78 is 6.03. The number of hydrogen-bond acceptors (Lipinski definition) is 6. The van der Waals surface area contributed by atoms with Crippen LogP contribution in [0.2, 0.25) is 0 Å². The van der Waals surface area contributed by atoms with E-state index in [0.717, 1.165) is 30.0 Å². The number of nitrogens with zero attached hydrogens (tertiary/aromatic N) is 3. The second-order valence-electron chi connectivity index (χ2n) is 6.24. The molecule has 128 valence electrons. The van der Waals surface area contributed by atoms with Crippen molar-refractivity contribution in [3.8, 4) is 5.88 Å². The van der Waals surface area contributed by atoms with Crippen molar-refractivity contribution in [2.24, 2.45) is 0 Å². The number of thiazole rings is 1. The van der Waals surface area contributed by atoms with Gasteiger partial charge in [-0.1, -0.05) is 0 Å². The monoisotopic (exact) mass is 346 g/mol. The van der Waals surface area contributed by atoms with Gasteiger partial charge in [-0.25, -0.2) is 9.97 Å². The Labute approximate surface area is 145 Å². The lowest BCUT2D eigenvalue weighted by molar-refractivity contribution is -0.114. The highest BCUT2D eigenvalue weighted by Gasteiger charge is 2.31. The first-order valence-electron chi connectivity index (χ1n) is 8.05. The molecule has 2 aromatic heterocycles. The molecular formula is C17H22N4O2S. The number of carbonyl (C=O) groups excluding carboxylic acids is 1. The van der Waals surface area contributed by atoms with Crippen LogP contribution in [0, 0.1) is 6.92 Å². The number of ether oxygens (including phenoxy) is 1. The van der Waals surface area contributed by atoms with Crippen molar-refractivity contribution in [2.45, 2.75) is 45.9 Å². The molecule has 0 aliphatic carbocycles. The normalized spacial score (nSPS) is 21.0. The number of aromatic nitrogens is 2. The van der Waals surface area contributed by atoms with Gasteiger partial charge in [-0.15, -0.1) is 11.3 Å². The Balaban J connectivity index is 1.57. The van der Waals surface area contributed by atoms with Gasteiger partial charge < -0.3 is 10.1 Å². The zero-order valence-corrected chi connectivity index (χ0v) is 15.0. The average Bonchev–Trinajstić information content (AvgIpc) is 3.06. The maximum atomic E-state index is 11.1. The summed E-state index contributed by atoms with van der Waals surface area (Å²) in [6.45, 7) is 7.42. The van der Waals surface area contributed by atoms with Crippen molar-refractivity contribution >= 4 is 22.4 Å². The van der Waals surface area contributed by atoms with Crippen LogP contribution >= 0.6 is 11.3 Å². The smallest absolute Gasteiger partial charge is 0.223 e. The van der Waals surface area contributed by atoms with Crippen LogP contribution in [0.5, 0.6) is 5.88 Å². The van der Waals surface area contributed by atoms with Gasteiger partial charge in [0, 0.05) is 55.8 Å². The predicted molar refractivity (Wildman–Crippen MR) is 94.3 cm³/mol. The molecule has 2 atom stereocenters. The molecule has 1 fully saturated rings. The molecule has 0 unspecified atom stereocenters. The lowest BCUT2D eigenvalue weighted by Crippen LogP contribution is -2.27. The molecule has 1 aliphatic rings. The Hall–Kier alpha value is -1.99. The third-order valence-electron chi connectivity index (χ3n) is 4.04. The summed E-state index contributed by atoms with van der Waals surface area (Å²) in [6, 6.07) is 4.37. The first-order chi connectivity index (χ1) is 11.5. The molecule has 6 nitrogen and oxygen atoms in total. The van der Waals surface area contributed by atoms with Gasteiger partial charge in [-0.3, -0.25) is 9.69 Å². The molecule has 0 bridgehead atoms. The van der Waals surface area contributed by atoms with E-state index in [1.165, 1.54) is 18.3 Å². The third kappa shape index (κ3) is 4.30. The van der Waals surface area contributed by atoms with E-state index in [2.05, 4.69) is 27.1 Å². The minimum absolute atomic E-state index is 0.0930. The number of aryl methyl sites for hydroxylation is 1. The summed E-state index contributed by atoms with van der Waals surface area (Å²) in [6.07, 6.45) is 4.74. The molecule has 3 rings (SSSR count). The Morgan fingerprint density at radius 1 is 1.50 bits per heavy atom. The fourth-order valence-corrected chi connectivity index (χ4v) is 3.77. The molecule has 1 saturated heterocycles. The predicted octanol–water partition coefficient (Wildman–Crippen LogP) is 2.85. The van der Waals surface area contributed by atoms with Gasteiger partial charge in [-0.05, 0) is 25.5 Å². The maximum absolute atomic E-state index is 11.1. The summed E-state index contributed by atoms with van der Waals surface area (Å²) in [7, 11) is 0. The molecule has 0 spiro atoms. The van der Waals surface area contributed by atoms with Crippen molar-refractivity contribution in [2.75, 3.05) is 11.9 Å². The number of anilines is 1. The van der Waals surface area contributed by atoms with Crippen LogP contribution in [0.1, 0.15) is 30.7 Å². The third-order valence-corrected chi connectivity index (χ3v) is 4.94. The first-order valence-corrected chi connectivity index (χ1v) is 8.87. The Kier molecular flexibility index (Phi) is 5.11. The second kappa shape index (κ2) is 7.27. The van der Waals surface area contributed by atoms with Gasteiger partial charge in [0.05, 0.1) is 0 Å². The zero-order valence-electron chi connectivity index (χ0n) is 14.2. The summed E-state index contributed by atoms with van der Waals surface area (Å²) in [5.74, 6) is 0.601. The van der Waals surface area contributed by atoms with Crippen molar-refractivity contribution in [1.29, 1.82) is 0 Å². The number of amides is 1. The summed E-state index contributed by atoms with van der Waals surface area (Å²) in [5, 5.41) is 3.38. The molecule has 0 radical (unpaired) electrons.